The molecule has 0 saturated carbocycles. The molecule has 2 aromatic rings. The van der Waals surface area contributed by atoms with Crippen LogP contribution in [0, 0.1) is 11.8 Å². The summed E-state index contributed by atoms with van der Waals surface area (Å²) in [5.41, 5.74) is 0. The molecule has 0 spiro atoms. The number of anilines is 1. The smallest absolute Gasteiger partial charge is 0.233 e. The average Bonchev–Trinajstić information content (AvgIpc) is 3.21. The Hall–Kier alpha value is -1.54. The number of nitrogens with one attached hydrogen (secondary N) is 1. The van der Waals surface area contributed by atoms with Crippen molar-refractivity contribution in [2.45, 2.75) is 31.2 Å². The molecule has 8 heteroatoms. The minimum absolute atomic E-state index is 0.193. The Bertz CT molecular complexity index is 649. The third kappa shape index (κ3) is 4.73. The first-order valence-corrected chi connectivity index (χ1v) is 9.90. The van der Waals surface area contributed by atoms with Gasteiger partial charge in [-0.15, -0.1) is 10.2 Å². The second-order valence-electron chi connectivity index (χ2n) is 6.34. The largest absolute Gasteiger partial charge is 0.467 e. The lowest BCUT2D eigenvalue weighted by atomic mass is 9.92. The zero-order valence-corrected chi connectivity index (χ0v) is 15.5. The monoisotopic (exact) mass is 366 g/mol. The van der Waals surface area contributed by atoms with Gasteiger partial charge in [-0.2, -0.15) is 0 Å². The molecule has 0 bridgehead atoms. The highest BCUT2D eigenvalue weighted by molar-refractivity contribution is 8.01. The van der Waals surface area contributed by atoms with E-state index in [0.29, 0.717) is 24.1 Å². The minimum Gasteiger partial charge on any atom is -0.467 e. The molecule has 130 valence electrons. The molecule has 1 amide bonds. The molecule has 3 rings (SSSR count). The third-order valence-corrected chi connectivity index (χ3v) is 5.94. The highest BCUT2D eigenvalue weighted by Gasteiger charge is 2.25. The quantitative estimate of drug-likeness (QED) is 0.791. The molecule has 2 aromatic heterocycles. The highest BCUT2D eigenvalue weighted by Crippen LogP contribution is 2.27. The summed E-state index contributed by atoms with van der Waals surface area (Å²) in [6.45, 7) is 6.75. The first-order valence-electron chi connectivity index (χ1n) is 8.10. The van der Waals surface area contributed by atoms with Gasteiger partial charge in [-0.05, 0) is 30.4 Å². The summed E-state index contributed by atoms with van der Waals surface area (Å²) < 4.78 is 6.07. The molecule has 6 nitrogen and oxygen atoms in total. The van der Waals surface area contributed by atoms with Crippen molar-refractivity contribution in [1.82, 2.24) is 15.1 Å². The molecule has 1 fully saturated rings. The van der Waals surface area contributed by atoms with Crippen LogP contribution in [0.1, 0.15) is 26.0 Å². The number of rotatable bonds is 6. The molecule has 0 unspecified atom stereocenters. The van der Waals surface area contributed by atoms with Gasteiger partial charge in [0.05, 0.1) is 18.6 Å². The van der Waals surface area contributed by atoms with E-state index in [1.165, 1.54) is 29.5 Å². The van der Waals surface area contributed by atoms with Gasteiger partial charge in [0, 0.05) is 13.1 Å². The van der Waals surface area contributed by atoms with Gasteiger partial charge in [0.1, 0.15) is 5.76 Å². The first-order chi connectivity index (χ1) is 11.6. The van der Waals surface area contributed by atoms with Crippen LogP contribution in [0.4, 0.5) is 5.13 Å². The van der Waals surface area contributed by atoms with Crippen LogP contribution in [0.3, 0.4) is 0 Å². The number of thioether (sulfide) groups is 1. The van der Waals surface area contributed by atoms with Gasteiger partial charge >= 0.3 is 0 Å². The molecule has 3 heterocycles. The number of carbonyl (C=O) groups excluding carboxylic acids is 1. The van der Waals surface area contributed by atoms with E-state index in [9.17, 15) is 4.79 Å². The predicted octanol–water partition coefficient (Wildman–Crippen LogP) is 3.34. The Morgan fingerprint density at radius 1 is 1.42 bits per heavy atom. The summed E-state index contributed by atoms with van der Waals surface area (Å²) in [5, 5.41) is 12.1. The summed E-state index contributed by atoms with van der Waals surface area (Å²) in [6, 6.07) is 3.76. The van der Waals surface area contributed by atoms with E-state index in [2.05, 4.69) is 29.4 Å². The average molecular weight is 367 g/mol. The number of likely N-dealkylation sites (tertiary alicyclic amines) is 1. The number of aromatic nitrogens is 2. The molecule has 1 aliphatic rings. The van der Waals surface area contributed by atoms with Crippen LogP contribution in [0.25, 0.3) is 0 Å². The zero-order chi connectivity index (χ0) is 16.9. The number of carbonyl (C=O) groups is 1. The van der Waals surface area contributed by atoms with E-state index in [1.807, 2.05) is 17.0 Å². The lowest BCUT2D eigenvalue weighted by molar-refractivity contribution is -0.130. The summed E-state index contributed by atoms with van der Waals surface area (Å²) in [5.74, 6) is 2.64. The molecule has 0 aliphatic carbocycles. The van der Waals surface area contributed by atoms with Gasteiger partial charge in [-0.3, -0.25) is 4.79 Å². The molecular formula is C16H22N4O2S2. The lowest BCUT2D eigenvalue weighted by Crippen LogP contribution is -2.43. The van der Waals surface area contributed by atoms with Gasteiger partial charge in [-0.1, -0.05) is 36.9 Å². The lowest BCUT2D eigenvalue weighted by Gasteiger charge is -2.34. The van der Waals surface area contributed by atoms with Crippen LogP contribution in [0.2, 0.25) is 0 Å². The molecule has 0 aromatic carbocycles. The fraction of sp³-hybridized carbons (Fsp3) is 0.562. The van der Waals surface area contributed by atoms with E-state index in [1.54, 1.807) is 6.26 Å². The zero-order valence-electron chi connectivity index (χ0n) is 13.9. The first kappa shape index (κ1) is 17.3. The van der Waals surface area contributed by atoms with Crippen LogP contribution in [-0.4, -0.2) is 39.8 Å². The SMILES string of the molecule is C[C@@H]1C[C@H](C)CN(C(=O)CSc2nnc(NCc3ccco3)s2)C1. The Kier molecular flexibility index (Phi) is 5.78. The van der Waals surface area contributed by atoms with Gasteiger partial charge < -0.3 is 14.6 Å². The summed E-state index contributed by atoms with van der Waals surface area (Å²) in [4.78, 5) is 14.4. The van der Waals surface area contributed by atoms with Crippen LogP contribution in [-0.2, 0) is 11.3 Å². The van der Waals surface area contributed by atoms with Gasteiger partial charge in [0.2, 0.25) is 11.0 Å². The van der Waals surface area contributed by atoms with Crippen molar-refractivity contribution >= 4 is 34.1 Å². The number of piperidine rings is 1. The third-order valence-electron chi connectivity index (χ3n) is 3.94. The molecule has 1 N–H and O–H groups in total. The molecule has 1 aliphatic heterocycles. The molecular weight excluding hydrogens is 344 g/mol. The van der Waals surface area contributed by atoms with E-state index >= 15 is 0 Å². The topological polar surface area (TPSA) is 71.3 Å². The number of furan rings is 1. The summed E-state index contributed by atoms with van der Waals surface area (Å²) in [7, 11) is 0. The summed E-state index contributed by atoms with van der Waals surface area (Å²) >= 11 is 2.92. The van der Waals surface area contributed by atoms with Crippen molar-refractivity contribution in [2.75, 3.05) is 24.2 Å². The molecule has 1 saturated heterocycles. The van der Waals surface area contributed by atoms with Crippen LogP contribution < -0.4 is 5.32 Å². The van der Waals surface area contributed by atoms with E-state index < -0.39 is 0 Å². The minimum atomic E-state index is 0.193. The van der Waals surface area contributed by atoms with Crippen molar-refractivity contribution in [3.63, 3.8) is 0 Å². The fourth-order valence-electron chi connectivity index (χ4n) is 3.00. The maximum Gasteiger partial charge on any atom is 0.233 e. The van der Waals surface area contributed by atoms with E-state index in [-0.39, 0.29) is 5.91 Å². The number of amides is 1. The summed E-state index contributed by atoms with van der Waals surface area (Å²) in [6.07, 6.45) is 2.85. The van der Waals surface area contributed by atoms with Gasteiger partial charge in [-0.25, -0.2) is 0 Å². The highest BCUT2D eigenvalue weighted by atomic mass is 32.2. The van der Waals surface area contributed by atoms with Crippen molar-refractivity contribution in [2.24, 2.45) is 11.8 Å². The van der Waals surface area contributed by atoms with Gasteiger partial charge in [0.15, 0.2) is 4.34 Å². The molecule has 24 heavy (non-hydrogen) atoms. The van der Waals surface area contributed by atoms with Crippen molar-refractivity contribution in [3.05, 3.63) is 24.2 Å². The number of hydrogen-bond acceptors (Lipinski definition) is 7. The Morgan fingerprint density at radius 2 is 2.21 bits per heavy atom. The second-order valence-corrected chi connectivity index (χ2v) is 8.54. The predicted molar refractivity (Wildman–Crippen MR) is 96.2 cm³/mol. The standard InChI is InChI=1S/C16H22N4O2S2/c1-11-6-12(2)9-20(8-11)14(21)10-23-16-19-18-15(24-16)17-7-13-4-3-5-22-13/h3-5,11-12H,6-10H2,1-2H3,(H,17,18)/t11-,12+. The van der Waals surface area contributed by atoms with Crippen LogP contribution in [0.5, 0.6) is 0 Å². The Balaban J connectivity index is 1.45. The van der Waals surface area contributed by atoms with Crippen molar-refractivity contribution in [1.29, 1.82) is 0 Å². The van der Waals surface area contributed by atoms with E-state index in [0.717, 1.165) is 28.3 Å². The van der Waals surface area contributed by atoms with Crippen LogP contribution in [0.15, 0.2) is 27.2 Å². The normalized spacial score (nSPS) is 21.0. The number of hydrogen-bond donors (Lipinski definition) is 1. The second kappa shape index (κ2) is 8.02. The number of nitrogens with zero attached hydrogens (tertiary/aromatic N) is 3. The van der Waals surface area contributed by atoms with Crippen LogP contribution >= 0.6 is 23.1 Å². The Morgan fingerprint density at radius 3 is 2.92 bits per heavy atom. The van der Waals surface area contributed by atoms with E-state index in [4.69, 9.17) is 4.42 Å². The van der Waals surface area contributed by atoms with Gasteiger partial charge in [0.25, 0.3) is 0 Å². The Labute approximate surface area is 150 Å². The van der Waals surface area contributed by atoms with Crippen molar-refractivity contribution in [3.8, 4) is 0 Å². The maximum absolute atomic E-state index is 12.4. The maximum atomic E-state index is 12.4. The molecule has 2 atom stereocenters. The fourth-order valence-corrected chi connectivity index (χ4v) is 4.65. The molecule has 0 radical (unpaired) electrons. The van der Waals surface area contributed by atoms with Crippen molar-refractivity contribution < 1.29 is 9.21 Å².